The molecule has 0 atom stereocenters. The van der Waals surface area contributed by atoms with Gasteiger partial charge in [0.2, 0.25) is 11.8 Å². The van der Waals surface area contributed by atoms with E-state index in [1.165, 1.54) is 0 Å². The first-order valence-corrected chi connectivity index (χ1v) is 4.86. The second-order valence-electron chi connectivity index (χ2n) is 3.13. The zero-order valence-corrected chi connectivity index (χ0v) is 8.64. The van der Waals surface area contributed by atoms with Crippen molar-refractivity contribution in [3.8, 4) is 0 Å². The van der Waals surface area contributed by atoms with Crippen molar-refractivity contribution in [2.24, 2.45) is 5.73 Å². The number of primary amides is 1. The Morgan fingerprint density at radius 1 is 1.14 bits per heavy atom. The molecule has 0 fully saturated rings. The minimum absolute atomic E-state index is 0.0321. The van der Waals surface area contributed by atoms with Gasteiger partial charge in [-0.3, -0.25) is 9.59 Å². The van der Waals surface area contributed by atoms with Gasteiger partial charge in [0.05, 0.1) is 0 Å². The molecule has 5 nitrogen and oxygen atoms in total. The molecule has 0 rings (SSSR count). The van der Waals surface area contributed by atoms with E-state index in [1.54, 1.807) is 0 Å². The monoisotopic (exact) mass is 201 g/mol. The highest BCUT2D eigenvalue weighted by Crippen LogP contribution is 1.98. The molecule has 0 bridgehead atoms. The van der Waals surface area contributed by atoms with Gasteiger partial charge < -0.3 is 16.4 Å². The highest BCUT2D eigenvalue weighted by Gasteiger charge is 2.00. The smallest absolute Gasteiger partial charge is 0.220 e. The summed E-state index contributed by atoms with van der Waals surface area (Å²) >= 11 is 0. The van der Waals surface area contributed by atoms with Crippen LogP contribution in [0.15, 0.2) is 0 Å². The van der Waals surface area contributed by atoms with E-state index >= 15 is 0 Å². The van der Waals surface area contributed by atoms with Gasteiger partial charge in [-0.15, -0.1) is 0 Å². The highest BCUT2D eigenvalue weighted by atomic mass is 16.1. The largest absolute Gasteiger partial charge is 0.370 e. The van der Waals surface area contributed by atoms with Crippen molar-refractivity contribution in [3.05, 3.63) is 0 Å². The van der Waals surface area contributed by atoms with Crippen molar-refractivity contribution >= 4 is 11.8 Å². The lowest BCUT2D eigenvalue weighted by molar-refractivity contribution is -0.122. The van der Waals surface area contributed by atoms with Crippen LogP contribution in [0, 0.1) is 0 Å². The van der Waals surface area contributed by atoms with Crippen LogP contribution in [0.5, 0.6) is 0 Å². The number of hydrogen-bond acceptors (Lipinski definition) is 3. The summed E-state index contributed by atoms with van der Waals surface area (Å²) in [6.45, 7) is 1.41. The summed E-state index contributed by atoms with van der Waals surface area (Å²) in [5, 5.41) is 5.68. The molecule has 0 saturated heterocycles. The molecule has 0 spiro atoms. The highest BCUT2D eigenvalue weighted by molar-refractivity contribution is 5.76. The standard InChI is InChI=1S/C9H19N3O2/c1-11-6-7-12-9(14)5-3-2-4-8(10)13/h11H,2-7H2,1H3,(H2,10,13)(H,12,14). The van der Waals surface area contributed by atoms with Gasteiger partial charge in [0.25, 0.3) is 0 Å². The molecule has 4 N–H and O–H groups in total. The van der Waals surface area contributed by atoms with E-state index in [2.05, 4.69) is 10.6 Å². The molecule has 0 saturated carbocycles. The Bertz CT molecular complexity index is 183. The van der Waals surface area contributed by atoms with E-state index in [1.807, 2.05) is 7.05 Å². The number of nitrogens with two attached hydrogens (primary N) is 1. The number of carbonyl (C=O) groups excluding carboxylic acids is 2. The molecule has 5 heteroatoms. The minimum atomic E-state index is -0.305. The third-order valence-electron chi connectivity index (χ3n) is 1.77. The molecule has 0 aromatic carbocycles. The summed E-state index contributed by atoms with van der Waals surface area (Å²) in [5.74, 6) is -0.273. The first-order chi connectivity index (χ1) is 6.66. The Balaban J connectivity index is 3.22. The normalized spacial score (nSPS) is 9.79. The van der Waals surface area contributed by atoms with E-state index < -0.39 is 0 Å². The molecule has 0 radical (unpaired) electrons. The number of nitrogens with one attached hydrogen (secondary N) is 2. The molecule has 0 heterocycles. The maximum atomic E-state index is 11.1. The molecule has 0 aromatic rings. The lowest BCUT2D eigenvalue weighted by Crippen LogP contribution is -2.30. The van der Waals surface area contributed by atoms with Gasteiger partial charge in [-0.05, 0) is 19.9 Å². The molecule has 0 aromatic heterocycles. The van der Waals surface area contributed by atoms with Crippen molar-refractivity contribution in [3.63, 3.8) is 0 Å². The first-order valence-electron chi connectivity index (χ1n) is 4.86. The van der Waals surface area contributed by atoms with Gasteiger partial charge in [-0.1, -0.05) is 0 Å². The van der Waals surface area contributed by atoms with Crippen LogP contribution in [0.25, 0.3) is 0 Å². The molecule has 0 aliphatic carbocycles. The zero-order valence-electron chi connectivity index (χ0n) is 8.64. The van der Waals surface area contributed by atoms with Gasteiger partial charge in [-0.2, -0.15) is 0 Å². The molecule has 82 valence electrons. The van der Waals surface area contributed by atoms with E-state index in [9.17, 15) is 9.59 Å². The van der Waals surface area contributed by atoms with Crippen LogP contribution >= 0.6 is 0 Å². The van der Waals surface area contributed by atoms with Crippen molar-refractivity contribution < 1.29 is 9.59 Å². The van der Waals surface area contributed by atoms with Gasteiger partial charge in [0.1, 0.15) is 0 Å². The van der Waals surface area contributed by atoms with Crippen molar-refractivity contribution in [1.29, 1.82) is 0 Å². The predicted octanol–water partition coefficient (Wildman–Crippen LogP) is -0.632. The van der Waals surface area contributed by atoms with Gasteiger partial charge in [0.15, 0.2) is 0 Å². The summed E-state index contributed by atoms with van der Waals surface area (Å²) in [4.78, 5) is 21.5. The third-order valence-corrected chi connectivity index (χ3v) is 1.77. The van der Waals surface area contributed by atoms with E-state index in [4.69, 9.17) is 5.73 Å². The Labute approximate surface area is 84.4 Å². The lowest BCUT2D eigenvalue weighted by atomic mass is 10.2. The van der Waals surface area contributed by atoms with E-state index in [-0.39, 0.29) is 11.8 Å². The second kappa shape index (κ2) is 8.50. The van der Waals surface area contributed by atoms with E-state index in [0.29, 0.717) is 32.2 Å². The quantitative estimate of drug-likeness (QED) is 0.457. The summed E-state index contributed by atoms with van der Waals surface area (Å²) in [7, 11) is 1.83. The molecule has 0 unspecified atom stereocenters. The van der Waals surface area contributed by atoms with Crippen molar-refractivity contribution in [1.82, 2.24) is 10.6 Å². The Kier molecular flexibility index (Phi) is 7.83. The Hall–Kier alpha value is -1.10. The third kappa shape index (κ3) is 8.99. The summed E-state index contributed by atoms with van der Waals surface area (Å²) < 4.78 is 0. The summed E-state index contributed by atoms with van der Waals surface area (Å²) in [6.07, 6.45) is 2.24. The van der Waals surface area contributed by atoms with Crippen LogP contribution in [0.4, 0.5) is 0 Å². The summed E-state index contributed by atoms with van der Waals surface area (Å²) in [6, 6.07) is 0. The first kappa shape index (κ1) is 12.9. The average molecular weight is 201 g/mol. The Morgan fingerprint density at radius 3 is 2.36 bits per heavy atom. The number of unbranched alkanes of at least 4 members (excludes halogenated alkanes) is 1. The molecule has 14 heavy (non-hydrogen) atoms. The number of hydrogen-bond donors (Lipinski definition) is 3. The topological polar surface area (TPSA) is 84.2 Å². The number of amides is 2. The number of rotatable bonds is 8. The second-order valence-corrected chi connectivity index (χ2v) is 3.13. The maximum absolute atomic E-state index is 11.1. The molecular weight excluding hydrogens is 182 g/mol. The minimum Gasteiger partial charge on any atom is -0.370 e. The van der Waals surface area contributed by atoms with Crippen LogP contribution in [-0.2, 0) is 9.59 Å². The number of likely N-dealkylation sites (N-methyl/N-ethyl adjacent to an activating group) is 1. The maximum Gasteiger partial charge on any atom is 0.220 e. The predicted molar refractivity (Wildman–Crippen MR) is 54.6 cm³/mol. The van der Waals surface area contributed by atoms with Gasteiger partial charge in [0, 0.05) is 25.9 Å². The van der Waals surface area contributed by atoms with Gasteiger partial charge >= 0.3 is 0 Å². The van der Waals surface area contributed by atoms with Crippen LogP contribution in [0.1, 0.15) is 25.7 Å². The van der Waals surface area contributed by atoms with Crippen LogP contribution in [0.3, 0.4) is 0 Å². The van der Waals surface area contributed by atoms with Gasteiger partial charge in [-0.25, -0.2) is 0 Å². The fraction of sp³-hybridized carbons (Fsp3) is 0.778. The average Bonchev–Trinajstić information content (AvgIpc) is 2.13. The van der Waals surface area contributed by atoms with Crippen LogP contribution < -0.4 is 16.4 Å². The molecule has 0 aliphatic rings. The van der Waals surface area contributed by atoms with Crippen LogP contribution in [0.2, 0.25) is 0 Å². The molecular formula is C9H19N3O2. The Morgan fingerprint density at radius 2 is 1.79 bits per heavy atom. The summed E-state index contributed by atoms with van der Waals surface area (Å²) in [5.41, 5.74) is 4.96. The molecule has 2 amide bonds. The van der Waals surface area contributed by atoms with Crippen molar-refractivity contribution in [2.45, 2.75) is 25.7 Å². The molecule has 0 aliphatic heterocycles. The lowest BCUT2D eigenvalue weighted by Gasteiger charge is -2.03. The van der Waals surface area contributed by atoms with Crippen LogP contribution in [-0.4, -0.2) is 32.0 Å². The number of carbonyl (C=O) groups is 2. The van der Waals surface area contributed by atoms with Crippen molar-refractivity contribution in [2.75, 3.05) is 20.1 Å². The van der Waals surface area contributed by atoms with E-state index in [0.717, 1.165) is 6.54 Å². The fourth-order valence-electron chi connectivity index (χ4n) is 1.00. The fourth-order valence-corrected chi connectivity index (χ4v) is 1.00. The SMILES string of the molecule is CNCCNC(=O)CCCCC(N)=O. The zero-order chi connectivity index (χ0) is 10.8.